The van der Waals surface area contributed by atoms with Crippen molar-refractivity contribution in [1.29, 1.82) is 0 Å². The van der Waals surface area contributed by atoms with Gasteiger partial charge in [0.05, 0.1) is 5.41 Å². The molecule has 3 rings (SSSR count). The van der Waals surface area contributed by atoms with Gasteiger partial charge in [0, 0.05) is 24.1 Å². The van der Waals surface area contributed by atoms with E-state index < -0.39 is 0 Å². The molecule has 134 valence electrons. The van der Waals surface area contributed by atoms with Gasteiger partial charge in [0.15, 0.2) is 0 Å². The van der Waals surface area contributed by atoms with Crippen LogP contribution in [0.15, 0.2) is 41.8 Å². The molecule has 3 nitrogen and oxygen atoms in total. The lowest BCUT2D eigenvalue weighted by molar-refractivity contribution is -0.137. The maximum atomic E-state index is 13.1. The SMILES string of the molecule is CC[C@@H](C)NC(=O)C1(Cc2ccccc2-c2cccs2)CCOCC1. The van der Waals surface area contributed by atoms with Crippen LogP contribution in [0.25, 0.3) is 10.4 Å². The Kier molecular flexibility index (Phi) is 5.92. The molecule has 2 aromatic rings. The number of nitrogens with one attached hydrogen (secondary N) is 1. The van der Waals surface area contributed by atoms with Gasteiger partial charge < -0.3 is 10.1 Å². The minimum absolute atomic E-state index is 0.186. The highest BCUT2D eigenvalue weighted by atomic mass is 32.1. The summed E-state index contributed by atoms with van der Waals surface area (Å²) in [6, 6.07) is 12.9. The van der Waals surface area contributed by atoms with E-state index in [1.54, 1.807) is 11.3 Å². The lowest BCUT2D eigenvalue weighted by Crippen LogP contribution is -2.48. The van der Waals surface area contributed by atoms with Crippen molar-refractivity contribution in [2.75, 3.05) is 13.2 Å². The Morgan fingerprint density at radius 2 is 2.00 bits per heavy atom. The molecule has 1 fully saturated rings. The van der Waals surface area contributed by atoms with E-state index in [4.69, 9.17) is 4.74 Å². The van der Waals surface area contributed by atoms with Crippen LogP contribution in [-0.2, 0) is 16.0 Å². The Hall–Kier alpha value is -1.65. The minimum Gasteiger partial charge on any atom is -0.381 e. The third-order valence-electron chi connectivity index (χ3n) is 5.25. The molecule has 1 aromatic carbocycles. The molecule has 0 spiro atoms. The van der Waals surface area contributed by atoms with Crippen molar-refractivity contribution in [3.05, 3.63) is 47.3 Å². The molecule has 0 saturated carbocycles. The largest absolute Gasteiger partial charge is 0.381 e. The fraction of sp³-hybridized carbons (Fsp3) is 0.476. The van der Waals surface area contributed by atoms with Gasteiger partial charge in [-0.1, -0.05) is 37.3 Å². The number of hydrogen-bond acceptors (Lipinski definition) is 3. The third kappa shape index (κ3) is 4.13. The van der Waals surface area contributed by atoms with Crippen LogP contribution in [0.5, 0.6) is 0 Å². The number of hydrogen-bond donors (Lipinski definition) is 1. The Morgan fingerprint density at radius 1 is 1.24 bits per heavy atom. The predicted molar refractivity (Wildman–Crippen MR) is 104 cm³/mol. The summed E-state index contributed by atoms with van der Waals surface area (Å²) in [5, 5.41) is 5.33. The lowest BCUT2D eigenvalue weighted by atomic mass is 9.73. The van der Waals surface area contributed by atoms with E-state index in [0.717, 1.165) is 25.7 Å². The first-order valence-corrected chi connectivity index (χ1v) is 10.0. The maximum Gasteiger partial charge on any atom is 0.226 e. The molecule has 0 radical (unpaired) electrons. The predicted octanol–water partition coefficient (Wildman–Crippen LogP) is 4.67. The molecular weight excluding hydrogens is 330 g/mol. The zero-order valence-electron chi connectivity index (χ0n) is 15.1. The van der Waals surface area contributed by atoms with E-state index in [1.807, 2.05) is 0 Å². The van der Waals surface area contributed by atoms with Gasteiger partial charge in [-0.25, -0.2) is 0 Å². The van der Waals surface area contributed by atoms with Crippen LogP contribution in [0.3, 0.4) is 0 Å². The zero-order valence-corrected chi connectivity index (χ0v) is 15.9. The number of ether oxygens (including phenoxy) is 1. The van der Waals surface area contributed by atoms with Crippen LogP contribution in [0, 0.1) is 5.41 Å². The van der Waals surface area contributed by atoms with E-state index in [1.165, 1.54) is 16.0 Å². The van der Waals surface area contributed by atoms with Gasteiger partial charge >= 0.3 is 0 Å². The molecule has 1 saturated heterocycles. The molecule has 1 aliphatic heterocycles. The molecule has 1 N–H and O–H groups in total. The van der Waals surface area contributed by atoms with Crippen molar-refractivity contribution in [1.82, 2.24) is 5.32 Å². The molecule has 1 atom stereocenters. The average Bonchev–Trinajstić information content (AvgIpc) is 3.17. The van der Waals surface area contributed by atoms with Crippen molar-refractivity contribution >= 4 is 17.2 Å². The monoisotopic (exact) mass is 357 g/mol. The Morgan fingerprint density at radius 3 is 2.68 bits per heavy atom. The van der Waals surface area contributed by atoms with E-state index in [9.17, 15) is 4.79 Å². The summed E-state index contributed by atoms with van der Waals surface area (Å²) in [6.45, 7) is 5.50. The molecule has 0 unspecified atom stereocenters. The number of amides is 1. The van der Waals surface area contributed by atoms with Gasteiger partial charge in [-0.15, -0.1) is 11.3 Å². The van der Waals surface area contributed by atoms with E-state index in [2.05, 4.69) is 60.9 Å². The highest BCUT2D eigenvalue weighted by Gasteiger charge is 2.40. The van der Waals surface area contributed by atoms with Crippen LogP contribution >= 0.6 is 11.3 Å². The van der Waals surface area contributed by atoms with Crippen LogP contribution in [-0.4, -0.2) is 25.2 Å². The summed E-state index contributed by atoms with van der Waals surface area (Å²) in [6.07, 6.45) is 3.29. The van der Waals surface area contributed by atoms with Gasteiger partial charge in [-0.3, -0.25) is 4.79 Å². The summed E-state index contributed by atoms with van der Waals surface area (Å²) in [4.78, 5) is 14.4. The van der Waals surface area contributed by atoms with Gasteiger partial charge in [-0.05, 0) is 55.2 Å². The van der Waals surface area contributed by atoms with Crippen LogP contribution in [0.1, 0.15) is 38.7 Å². The molecule has 4 heteroatoms. The maximum absolute atomic E-state index is 13.1. The Labute approximate surface area is 154 Å². The van der Waals surface area contributed by atoms with E-state index in [0.29, 0.717) is 13.2 Å². The average molecular weight is 358 g/mol. The quantitative estimate of drug-likeness (QED) is 0.816. The number of carbonyl (C=O) groups excluding carboxylic acids is 1. The first-order valence-electron chi connectivity index (χ1n) is 9.15. The molecule has 1 aliphatic rings. The molecular formula is C21H27NO2S. The van der Waals surface area contributed by atoms with Crippen molar-refractivity contribution in [2.45, 2.75) is 45.6 Å². The van der Waals surface area contributed by atoms with Crippen molar-refractivity contribution in [3.8, 4) is 10.4 Å². The highest BCUT2D eigenvalue weighted by molar-refractivity contribution is 7.13. The second-order valence-corrected chi connectivity index (χ2v) is 7.93. The van der Waals surface area contributed by atoms with Gasteiger partial charge in [0.25, 0.3) is 0 Å². The standard InChI is InChI=1S/C21H27NO2S/c1-3-16(2)22-20(23)21(10-12-24-13-11-21)15-17-7-4-5-8-18(17)19-9-6-14-25-19/h4-9,14,16H,3,10-13,15H2,1-2H3,(H,22,23)/t16-/m1/s1. The van der Waals surface area contributed by atoms with Crippen LogP contribution in [0.2, 0.25) is 0 Å². The second kappa shape index (κ2) is 8.15. The summed E-state index contributed by atoms with van der Waals surface area (Å²) in [5.74, 6) is 0.186. The molecule has 2 heterocycles. The normalized spacial score (nSPS) is 17.8. The highest BCUT2D eigenvalue weighted by Crippen LogP contribution is 2.38. The molecule has 0 bridgehead atoms. The summed E-state index contributed by atoms with van der Waals surface area (Å²) >= 11 is 1.75. The third-order valence-corrected chi connectivity index (χ3v) is 6.16. The van der Waals surface area contributed by atoms with Crippen LogP contribution in [0.4, 0.5) is 0 Å². The second-order valence-electron chi connectivity index (χ2n) is 6.99. The first-order chi connectivity index (χ1) is 12.1. The number of rotatable bonds is 6. The van der Waals surface area contributed by atoms with Gasteiger partial charge in [0.1, 0.15) is 0 Å². The fourth-order valence-electron chi connectivity index (χ4n) is 3.44. The zero-order chi connectivity index (χ0) is 17.7. The lowest BCUT2D eigenvalue weighted by Gasteiger charge is -2.37. The first kappa shape index (κ1) is 18.2. The van der Waals surface area contributed by atoms with Crippen molar-refractivity contribution in [3.63, 3.8) is 0 Å². The van der Waals surface area contributed by atoms with Gasteiger partial charge in [-0.2, -0.15) is 0 Å². The topological polar surface area (TPSA) is 38.3 Å². The van der Waals surface area contributed by atoms with E-state index >= 15 is 0 Å². The number of benzene rings is 1. The van der Waals surface area contributed by atoms with E-state index in [-0.39, 0.29) is 17.4 Å². The Bertz CT molecular complexity index is 690. The van der Waals surface area contributed by atoms with Crippen molar-refractivity contribution < 1.29 is 9.53 Å². The molecule has 0 aliphatic carbocycles. The minimum atomic E-state index is -0.366. The van der Waals surface area contributed by atoms with Crippen molar-refractivity contribution in [2.24, 2.45) is 5.41 Å². The fourth-order valence-corrected chi connectivity index (χ4v) is 4.22. The Balaban J connectivity index is 1.90. The van der Waals surface area contributed by atoms with Crippen LogP contribution < -0.4 is 5.32 Å². The number of carbonyl (C=O) groups is 1. The smallest absolute Gasteiger partial charge is 0.226 e. The summed E-state index contributed by atoms with van der Waals surface area (Å²) in [7, 11) is 0. The summed E-state index contributed by atoms with van der Waals surface area (Å²) in [5.41, 5.74) is 2.14. The van der Waals surface area contributed by atoms with Gasteiger partial charge in [0.2, 0.25) is 5.91 Å². The summed E-state index contributed by atoms with van der Waals surface area (Å²) < 4.78 is 5.57. The number of thiophene rings is 1. The molecule has 1 amide bonds. The molecule has 1 aromatic heterocycles. The molecule has 25 heavy (non-hydrogen) atoms.